The minimum absolute atomic E-state index is 0.163. The Hall–Kier alpha value is -1.06. The minimum Gasteiger partial charge on any atom is -0.394 e. The molecule has 2 rings (SSSR count). The van der Waals surface area contributed by atoms with Crippen molar-refractivity contribution < 1.29 is 5.11 Å². The van der Waals surface area contributed by atoms with E-state index in [1.54, 1.807) is 0 Å². The van der Waals surface area contributed by atoms with Gasteiger partial charge in [-0.05, 0) is 44.2 Å². The van der Waals surface area contributed by atoms with Crippen molar-refractivity contribution in [1.29, 1.82) is 0 Å². The summed E-state index contributed by atoms with van der Waals surface area (Å²) in [5, 5.41) is 13.1. The molecule has 1 atom stereocenters. The van der Waals surface area contributed by atoms with Gasteiger partial charge >= 0.3 is 0 Å². The fraction of sp³-hybridized carbons (Fsp3) is 0.667. The molecule has 0 aliphatic carbocycles. The molecule has 0 amide bonds. The average molecular weight is 290 g/mol. The lowest BCUT2D eigenvalue weighted by molar-refractivity contribution is 0.155. The van der Waals surface area contributed by atoms with Crippen LogP contribution in [0.15, 0.2) is 24.3 Å². The third-order valence-electron chi connectivity index (χ3n) is 4.35. The second-order valence-electron chi connectivity index (χ2n) is 6.84. The van der Waals surface area contributed by atoms with E-state index in [1.807, 2.05) is 0 Å². The molecule has 21 heavy (non-hydrogen) atoms. The van der Waals surface area contributed by atoms with E-state index in [1.165, 1.54) is 24.1 Å². The first kappa shape index (κ1) is 16.3. The number of aryl methyl sites for hydroxylation is 1. The first-order valence-corrected chi connectivity index (χ1v) is 8.25. The molecule has 3 nitrogen and oxygen atoms in total. The third kappa shape index (κ3) is 4.45. The number of nitrogens with zero attached hydrogens (tertiary/aromatic N) is 1. The Morgan fingerprint density at radius 3 is 2.81 bits per heavy atom. The van der Waals surface area contributed by atoms with E-state index < -0.39 is 0 Å². The third-order valence-corrected chi connectivity index (χ3v) is 4.35. The summed E-state index contributed by atoms with van der Waals surface area (Å²) in [7, 11) is 0. The SMILES string of the molecule is CC(C)NC(C)(CO)CCCN1CCCc2ccccc21. The van der Waals surface area contributed by atoms with Crippen LogP contribution in [-0.4, -0.2) is 36.4 Å². The molecule has 0 aromatic heterocycles. The number of fused-ring (bicyclic) bond motifs is 1. The van der Waals surface area contributed by atoms with Crippen LogP contribution in [0.5, 0.6) is 0 Å². The molecule has 1 aliphatic rings. The van der Waals surface area contributed by atoms with Crippen LogP contribution in [0.2, 0.25) is 0 Å². The highest BCUT2D eigenvalue weighted by Crippen LogP contribution is 2.27. The lowest BCUT2D eigenvalue weighted by atomic mass is 9.95. The van der Waals surface area contributed by atoms with E-state index in [9.17, 15) is 5.11 Å². The van der Waals surface area contributed by atoms with Crippen molar-refractivity contribution >= 4 is 5.69 Å². The highest BCUT2D eigenvalue weighted by Gasteiger charge is 2.24. The van der Waals surface area contributed by atoms with Gasteiger partial charge in [0.05, 0.1) is 6.61 Å². The molecule has 0 saturated carbocycles. The number of nitrogens with one attached hydrogen (secondary N) is 1. The van der Waals surface area contributed by atoms with Crippen LogP contribution in [0.4, 0.5) is 5.69 Å². The number of rotatable bonds is 7. The second kappa shape index (κ2) is 7.28. The van der Waals surface area contributed by atoms with Crippen molar-refractivity contribution in [2.24, 2.45) is 0 Å². The van der Waals surface area contributed by atoms with Gasteiger partial charge in [0, 0.05) is 30.4 Å². The molecule has 1 aromatic carbocycles. The molecule has 1 aliphatic heterocycles. The monoisotopic (exact) mass is 290 g/mol. The first-order valence-electron chi connectivity index (χ1n) is 8.25. The molecule has 118 valence electrons. The zero-order chi connectivity index (χ0) is 15.3. The Bertz CT molecular complexity index is 447. The maximum absolute atomic E-state index is 9.65. The summed E-state index contributed by atoms with van der Waals surface area (Å²) in [6.07, 6.45) is 4.56. The Morgan fingerprint density at radius 1 is 1.33 bits per heavy atom. The Balaban J connectivity index is 1.89. The van der Waals surface area contributed by atoms with Crippen molar-refractivity contribution in [2.45, 2.75) is 58.0 Å². The summed E-state index contributed by atoms with van der Waals surface area (Å²) in [6, 6.07) is 9.16. The number of para-hydroxylation sites is 1. The first-order chi connectivity index (χ1) is 10.0. The van der Waals surface area contributed by atoms with Gasteiger partial charge in [0.25, 0.3) is 0 Å². The van der Waals surface area contributed by atoms with Crippen molar-refractivity contribution in [3.8, 4) is 0 Å². The van der Waals surface area contributed by atoms with Crippen molar-refractivity contribution in [2.75, 3.05) is 24.6 Å². The van der Waals surface area contributed by atoms with E-state index >= 15 is 0 Å². The predicted octanol–water partition coefficient (Wildman–Crippen LogP) is 2.97. The van der Waals surface area contributed by atoms with Crippen LogP contribution in [0.25, 0.3) is 0 Å². The largest absolute Gasteiger partial charge is 0.394 e. The summed E-state index contributed by atoms with van der Waals surface area (Å²) in [6.45, 7) is 8.82. The molecule has 3 heteroatoms. The van der Waals surface area contributed by atoms with Crippen LogP contribution in [-0.2, 0) is 6.42 Å². The molecular formula is C18H30N2O. The molecule has 0 bridgehead atoms. The number of hydrogen-bond donors (Lipinski definition) is 2. The van der Waals surface area contributed by atoms with Gasteiger partial charge in [0.1, 0.15) is 0 Å². The van der Waals surface area contributed by atoms with Crippen LogP contribution in [0, 0.1) is 0 Å². The predicted molar refractivity (Wildman–Crippen MR) is 90.0 cm³/mol. The van der Waals surface area contributed by atoms with Crippen LogP contribution in [0.3, 0.4) is 0 Å². The molecule has 0 fully saturated rings. The van der Waals surface area contributed by atoms with Gasteiger partial charge in [-0.15, -0.1) is 0 Å². The quantitative estimate of drug-likeness (QED) is 0.810. The molecule has 0 saturated heterocycles. The summed E-state index contributed by atoms with van der Waals surface area (Å²) >= 11 is 0. The molecule has 0 radical (unpaired) electrons. The molecule has 1 heterocycles. The van der Waals surface area contributed by atoms with Crippen molar-refractivity contribution in [3.05, 3.63) is 29.8 Å². The number of hydrogen-bond acceptors (Lipinski definition) is 3. The van der Waals surface area contributed by atoms with Gasteiger partial charge in [0.2, 0.25) is 0 Å². The normalized spacial score (nSPS) is 17.7. The van der Waals surface area contributed by atoms with Crippen LogP contribution in [0.1, 0.15) is 45.6 Å². The number of aliphatic hydroxyl groups is 1. The summed E-state index contributed by atoms with van der Waals surface area (Å²) in [4.78, 5) is 2.51. The average Bonchev–Trinajstić information content (AvgIpc) is 2.47. The van der Waals surface area contributed by atoms with Gasteiger partial charge in [-0.3, -0.25) is 0 Å². The van der Waals surface area contributed by atoms with Gasteiger partial charge in [-0.1, -0.05) is 32.0 Å². The van der Waals surface area contributed by atoms with Crippen molar-refractivity contribution in [3.63, 3.8) is 0 Å². The Kier molecular flexibility index (Phi) is 5.65. The smallest absolute Gasteiger partial charge is 0.0610 e. The van der Waals surface area contributed by atoms with E-state index in [-0.39, 0.29) is 12.1 Å². The van der Waals surface area contributed by atoms with E-state index in [4.69, 9.17) is 0 Å². The Morgan fingerprint density at radius 2 is 2.10 bits per heavy atom. The van der Waals surface area contributed by atoms with Crippen LogP contribution < -0.4 is 10.2 Å². The van der Waals surface area contributed by atoms with Crippen molar-refractivity contribution in [1.82, 2.24) is 5.32 Å². The number of benzene rings is 1. The highest BCUT2D eigenvalue weighted by molar-refractivity contribution is 5.55. The molecule has 2 N–H and O–H groups in total. The lowest BCUT2D eigenvalue weighted by Gasteiger charge is -2.34. The second-order valence-corrected chi connectivity index (χ2v) is 6.84. The summed E-state index contributed by atoms with van der Waals surface area (Å²) in [5.41, 5.74) is 2.73. The maximum atomic E-state index is 9.65. The van der Waals surface area contributed by atoms with E-state index in [0.29, 0.717) is 6.04 Å². The van der Waals surface area contributed by atoms with Crippen LogP contribution >= 0.6 is 0 Å². The summed E-state index contributed by atoms with van der Waals surface area (Å²) < 4.78 is 0. The Labute approximate surface area is 129 Å². The molecule has 1 aromatic rings. The number of anilines is 1. The van der Waals surface area contributed by atoms with Gasteiger partial charge in [-0.2, -0.15) is 0 Å². The molecular weight excluding hydrogens is 260 g/mol. The molecule has 0 spiro atoms. The zero-order valence-electron chi connectivity index (χ0n) is 13.7. The zero-order valence-corrected chi connectivity index (χ0v) is 13.7. The van der Waals surface area contributed by atoms with E-state index in [0.717, 1.165) is 25.9 Å². The fourth-order valence-corrected chi connectivity index (χ4v) is 3.40. The topological polar surface area (TPSA) is 35.5 Å². The van der Waals surface area contributed by atoms with Gasteiger partial charge < -0.3 is 15.3 Å². The minimum atomic E-state index is -0.163. The molecule has 1 unspecified atom stereocenters. The number of aliphatic hydroxyl groups excluding tert-OH is 1. The van der Waals surface area contributed by atoms with Gasteiger partial charge in [0.15, 0.2) is 0 Å². The fourth-order valence-electron chi connectivity index (χ4n) is 3.40. The van der Waals surface area contributed by atoms with E-state index in [2.05, 4.69) is 55.3 Å². The summed E-state index contributed by atoms with van der Waals surface area (Å²) in [5.74, 6) is 0. The standard InChI is InChI=1S/C18H30N2O/c1-15(2)19-18(3,14-21)11-7-13-20-12-6-9-16-8-4-5-10-17(16)20/h4-5,8,10,15,19,21H,6-7,9,11-14H2,1-3H3. The lowest BCUT2D eigenvalue weighted by Crippen LogP contribution is -2.49. The maximum Gasteiger partial charge on any atom is 0.0610 e. The highest BCUT2D eigenvalue weighted by atomic mass is 16.3. The van der Waals surface area contributed by atoms with Gasteiger partial charge in [-0.25, -0.2) is 0 Å².